The molecule has 20 heavy (non-hydrogen) atoms. The van der Waals surface area contributed by atoms with Crippen LogP contribution in [0.4, 0.5) is 0 Å². The van der Waals surface area contributed by atoms with E-state index in [0.29, 0.717) is 0 Å². The Morgan fingerprint density at radius 2 is 1.40 bits per heavy atom. The van der Waals surface area contributed by atoms with Gasteiger partial charge in [0.15, 0.2) is 0 Å². The molecule has 0 amide bonds. The van der Waals surface area contributed by atoms with Gasteiger partial charge in [0.1, 0.15) is 11.4 Å². The van der Waals surface area contributed by atoms with Crippen molar-refractivity contribution in [1.82, 2.24) is 0 Å². The molecule has 0 saturated heterocycles. The van der Waals surface area contributed by atoms with Crippen LogP contribution in [0, 0.1) is 0 Å². The Morgan fingerprint density at radius 1 is 0.800 bits per heavy atom. The van der Waals surface area contributed by atoms with Crippen molar-refractivity contribution >= 4 is 0 Å². The zero-order valence-corrected chi connectivity index (χ0v) is 11.0. The van der Waals surface area contributed by atoms with Gasteiger partial charge in [-0.3, -0.25) is 0 Å². The SMILES string of the molecule is Oc1ccc(C2C=CC(O)(c3ccccc3)C=C2)cc1. The van der Waals surface area contributed by atoms with E-state index in [0.717, 1.165) is 11.1 Å². The fraction of sp³-hybridized carbons (Fsp3) is 0.111. The third kappa shape index (κ3) is 2.38. The molecule has 2 aromatic rings. The van der Waals surface area contributed by atoms with Crippen LogP contribution in [0.5, 0.6) is 5.75 Å². The largest absolute Gasteiger partial charge is 0.508 e. The standard InChI is InChI=1S/C18H16O2/c19-17-8-6-14(7-9-17)15-10-12-18(20,13-11-15)16-4-2-1-3-5-16/h1-13,15,19-20H. The Labute approximate surface area is 118 Å². The number of hydrogen-bond acceptors (Lipinski definition) is 2. The van der Waals surface area contributed by atoms with Gasteiger partial charge in [0.05, 0.1) is 0 Å². The number of benzene rings is 2. The van der Waals surface area contributed by atoms with Crippen molar-refractivity contribution in [1.29, 1.82) is 0 Å². The number of rotatable bonds is 2. The molecule has 1 aliphatic carbocycles. The topological polar surface area (TPSA) is 40.5 Å². The van der Waals surface area contributed by atoms with E-state index in [1.165, 1.54) is 0 Å². The molecule has 0 bridgehead atoms. The number of allylic oxidation sites excluding steroid dienone is 2. The minimum atomic E-state index is -1.03. The van der Waals surface area contributed by atoms with Gasteiger partial charge in [-0.15, -0.1) is 0 Å². The molecule has 0 saturated carbocycles. The van der Waals surface area contributed by atoms with Crippen LogP contribution in [0.2, 0.25) is 0 Å². The molecule has 2 nitrogen and oxygen atoms in total. The molecule has 2 N–H and O–H groups in total. The van der Waals surface area contributed by atoms with Crippen LogP contribution < -0.4 is 0 Å². The minimum Gasteiger partial charge on any atom is -0.508 e. The van der Waals surface area contributed by atoms with Gasteiger partial charge in [0.2, 0.25) is 0 Å². The molecule has 100 valence electrons. The molecular weight excluding hydrogens is 248 g/mol. The Bertz CT molecular complexity index is 625. The predicted molar refractivity (Wildman–Crippen MR) is 79.5 cm³/mol. The fourth-order valence-corrected chi connectivity index (χ4v) is 2.44. The lowest BCUT2D eigenvalue weighted by molar-refractivity contribution is 0.141. The molecule has 0 unspecified atom stereocenters. The number of aromatic hydroxyl groups is 1. The molecule has 2 aromatic carbocycles. The summed E-state index contributed by atoms with van der Waals surface area (Å²) in [6.45, 7) is 0. The molecule has 1 aliphatic rings. The molecule has 0 heterocycles. The summed E-state index contributed by atoms with van der Waals surface area (Å²) in [5, 5.41) is 19.9. The first-order valence-electron chi connectivity index (χ1n) is 6.63. The summed E-state index contributed by atoms with van der Waals surface area (Å²) in [5.74, 6) is 0.387. The highest BCUT2D eigenvalue weighted by Gasteiger charge is 2.26. The second-order valence-electron chi connectivity index (χ2n) is 5.03. The third-order valence-corrected chi connectivity index (χ3v) is 3.63. The van der Waals surface area contributed by atoms with Crippen LogP contribution in [0.15, 0.2) is 78.9 Å². The van der Waals surface area contributed by atoms with E-state index in [2.05, 4.69) is 0 Å². The predicted octanol–water partition coefficient (Wildman–Crippen LogP) is 3.49. The van der Waals surface area contributed by atoms with Gasteiger partial charge in [0, 0.05) is 5.92 Å². The smallest absolute Gasteiger partial charge is 0.126 e. The summed E-state index contributed by atoms with van der Waals surface area (Å²) in [6.07, 6.45) is 7.61. The maximum atomic E-state index is 10.6. The zero-order chi connectivity index (χ0) is 14.0. The number of aliphatic hydroxyl groups is 1. The lowest BCUT2D eigenvalue weighted by atomic mass is 9.84. The Balaban J connectivity index is 1.85. The number of phenols is 1. The van der Waals surface area contributed by atoms with Crippen molar-refractivity contribution < 1.29 is 10.2 Å². The summed E-state index contributed by atoms with van der Waals surface area (Å²) in [6, 6.07) is 16.7. The van der Waals surface area contributed by atoms with E-state index in [4.69, 9.17) is 0 Å². The van der Waals surface area contributed by atoms with E-state index < -0.39 is 5.60 Å². The fourth-order valence-electron chi connectivity index (χ4n) is 2.44. The van der Waals surface area contributed by atoms with E-state index in [-0.39, 0.29) is 11.7 Å². The lowest BCUT2D eigenvalue weighted by Gasteiger charge is -2.26. The van der Waals surface area contributed by atoms with Crippen LogP contribution in [-0.4, -0.2) is 10.2 Å². The average molecular weight is 264 g/mol. The van der Waals surface area contributed by atoms with Gasteiger partial charge < -0.3 is 10.2 Å². The van der Waals surface area contributed by atoms with Crippen molar-refractivity contribution in [3.05, 3.63) is 90.0 Å². The number of hydrogen-bond donors (Lipinski definition) is 2. The van der Waals surface area contributed by atoms with Gasteiger partial charge in [-0.05, 0) is 35.4 Å². The Hall–Kier alpha value is -2.32. The molecule has 2 heteroatoms. The van der Waals surface area contributed by atoms with Crippen LogP contribution in [0.25, 0.3) is 0 Å². The van der Waals surface area contributed by atoms with Crippen molar-refractivity contribution in [2.24, 2.45) is 0 Å². The lowest BCUT2D eigenvalue weighted by Crippen LogP contribution is -2.22. The minimum absolute atomic E-state index is 0.125. The Morgan fingerprint density at radius 3 is 2.00 bits per heavy atom. The van der Waals surface area contributed by atoms with Crippen molar-refractivity contribution in [3.63, 3.8) is 0 Å². The summed E-state index contributed by atoms with van der Waals surface area (Å²) in [4.78, 5) is 0. The monoisotopic (exact) mass is 264 g/mol. The average Bonchev–Trinajstić information content (AvgIpc) is 2.50. The first-order valence-corrected chi connectivity index (χ1v) is 6.63. The highest BCUT2D eigenvalue weighted by molar-refractivity contribution is 5.41. The molecule has 0 atom stereocenters. The molecule has 0 fully saturated rings. The maximum absolute atomic E-state index is 10.6. The first-order chi connectivity index (χ1) is 9.67. The molecule has 0 spiro atoms. The maximum Gasteiger partial charge on any atom is 0.126 e. The van der Waals surface area contributed by atoms with Gasteiger partial charge in [-0.2, -0.15) is 0 Å². The summed E-state index contributed by atoms with van der Waals surface area (Å²) < 4.78 is 0. The van der Waals surface area contributed by atoms with Crippen LogP contribution in [0.3, 0.4) is 0 Å². The van der Waals surface area contributed by atoms with Crippen LogP contribution >= 0.6 is 0 Å². The molecule has 0 aliphatic heterocycles. The second kappa shape index (κ2) is 4.99. The quantitative estimate of drug-likeness (QED) is 0.815. The van der Waals surface area contributed by atoms with Crippen molar-refractivity contribution in [2.45, 2.75) is 11.5 Å². The zero-order valence-electron chi connectivity index (χ0n) is 11.0. The van der Waals surface area contributed by atoms with Crippen molar-refractivity contribution in [3.8, 4) is 5.75 Å². The van der Waals surface area contributed by atoms with Crippen LogP contribution in [0.1, 0.15) is 17.0 Å². The summed E-state index contributed by atoms with van der Waals surface area (Å²) >= 11 is 0. The Kier molecular flexibility index (Phi) is 3.17. The summed E-state index contributed by atoms with van der Waals surface area (Å²) in [5.41, 5.74) is 0.913. The summed E-state index contributed by atoms with van der Waals surface area (Å²) in [7, 11) is 0. The van der Waals surface area contributed by atoms with Gasteiger partial charge in [-0.1, -0.05) is 54.6 Å². The van der Waals surface area contributed by atoms with E-state index in [9.17, 15) is 10.2 Å². The molecule has 0 radical (unpaired) electrons. The van der Waals surface area contributed by atoms with Crippen LogP contribution in [-0.2, 0) is 5.60 Å². The normalized spacial score (nSPS) is 24.8. The van der Waals surface area contributed by atoms with E-state index in [1.807, 2.05) is 66.8 Å². The third-order valence-electron chi connectivity index (χ3n) is 3.63. The highest BCUT2D eigenvalue weighted by atomic mass is 16.3. The van der Waals surface area contributed by atoms with Crippen molar-refractivity contribution in [2.75, 3.05) is 0 Å². The number of phenolic OH excluding ortho intramolecular Hbond substituents is 1. The van der Waals surface area contributed by atoms with Gasteiger partial charge in [0.25, 0.3) is 0 Å². The van der Waals surface area contributed by atoms with Gasteiger partial charge in [-0.25, -0.2) is 0 Å². The first kappa shape index (κ1) is 12.7. The van der Waals surface area contributed by atoms with E-state index in [1.54, 1.807) is 12.1 Å². The van der Waals surface area contributed by atoms with Gasteiger partial charge >= 0.3 is 0 Å². The molecule has 3 rings (SSSR count). The molecule has 0 aromatic heterocycles. The van der Waals surface area contributed by atoms with E-state index >= 15 is 0 Å². The second-order valence-corrected chi connectivity index (χ2v) is 5.03. The molecular formula is C18H16O2. The highest BCUT2D eigenvalue weighted by Crippen LogP contribution is 2.33.